The molecule has 2 saturated heterocycles. The lowest BCUT2D eigenvalue weighted by atomic mass is 10.0. The van der Waals surface area contributed by atoms with Crippen molar-refractivity contribution in [2.24, 2.45) is 11.7 Å². The molecule has 0 spiro atoms. The average Bonchev–Trinajstić information content (AvgIpc) is 3.11. The first-order valence-electron chi connectivity index (χ1n) is 8.41. The van der Waals surface area contributed by atoms with Crippen LogP contribution in [0, 0.1) is 19.8 Å². The Morgan fingerprint density at radius 2 is 1.96 bits per heavy atom. The summed E-state index contributed by atoms with van der Waals surface area (Å²) in [6, 6.07) is -0.387. The smallest absolute Gasteiger partial charge is 0.224 e. The van der Waals surface area contributed by atoms with Crippen LogP contribution in [-0.4, -0.2) is 64.9 Å². The van der Waals surface area contributed by atoms with Crippen LogP contribution in [0.4, 0.5) is 0 Å². The molecule has 2 aliphatic rings. The number of aryl methyl sites for hydroxylation is 2. The predicted octanol–water partition coefficient (Wildman–Crippen LogP) is -0.325. The van der Waals surface area contributed by atoms with Gasteiger partial charge in [0.25, 0.3) is 0 Å². The third-order valence-electron chi connectivity index (χ3n) is 5.37. The van der Waals surface area contributed by atoms with Crippen molar-refractivity contribution in [1.29, 1.82) is 0 Å². The standard InChI is InChI=1S/C16H24N4O4S/c1-9-16(11(3)21)10(2)20(18-9)5-4-15(22)19-6-12-13(17)8-25(23,24)14(12)7-19/h12-14H,4-8,17H2,1-3H3/t12-,13+,14-/m0/s1. The van der Waals surface area contributed by atoms with E-state index in [1.807, 2.05) is 6.92 Å². The van der Waals surface area contributed by atoms with Crippen LogP contribution in [0.15, 0.2) is 0 Å². The van der Waals surface area contributed by atoms with Gasteiger partial charge in [-0.25, -0.2) is 8.42 Å². The Morgan fingerprint density at radius 1 is 1.28 bits per heavy atom. The Kier molecular flexibility index (Phi) is 4.48. The summed E-state index contributed by atoms with van der Waals surface area (Å²) in [5.74, 6) is -0.288. The minimum absolute atomic E-state index is 0.0178. The topological polar surface area (TPSA) is 115 Å². The highest BCUT2D eigenvalue weighted by atomic mass is 32.2. The molecule has 1 aromatic heterocycles. The zero-order chi connectivity index (χ0) is 18.5. The molecular formula is C16H24N4O4S. The van der Waals surface area contributed by atoms with Gasteiger partial charge in [-0.2, -0.15) is 5.10 Å². The van der Waals surface area contributed by atoms with E-state index < -0.39 is 15.1 Å². The molecule has 0 radical (unpaired) electrons. The van der Waals surface area contributed by atoms with Crippen molar-refractivity contribution in [3.63, 3.8) is 0 Å². The van der Waals surface area contributed by atoms with Gasteiger partial charge >= 0.3 is 0 Å². The molecule has 138 valence electrons. The summed E-state index contributed by atoms with van der Waals surface area (Å²) >= 11 is 0. The van der Waals surface area contributed by atoms with Crippen molar-refractivity contribution in [3.05, 3.63) is 17.0 Å². The molecule has 0 aromatic carbocycles. The number of nitrogens with zero attached hydrogens (tertiary/aromatic N) is 3. The maximum atomic E-state index is 12.5. The van der Waals surface area contributed by atoms with Gasteiger partial charge in [0, 0.05) is 43.7 Å². The van der Waals surface area contributed by atoms with E-state index in [9.17, 15) is 18.0 Å². The quantitative estimate of drug-likeness (QED) is 0.728. The van der Waals surface area contributed by atoms with E-state index in [1.54, 1.807) is 16.5 Å². The van der Waals surface area contributed by atoms with Crippen molar-refractivity contribution in [3.8, 4) is 0 Å². The molecule has 3 atom stereocenters. The number of nitrogens with two attached hydrogens (primary N) is 1. The molecule has 2 aliphatic heterocycles. The third kappa shape index (κ3) is 3.10. The fraction of sp³-hybridized carbons (Fsp3) is 0.688. The molecule has 0 saturated carbocycles. The van der Waals surface area contributed by atoms with E-state index in [0.29, 0.717) is 24.3 Å². The molecule has 9 heteroatoms. The first-order valence-corrected chi connectivity index (χ1v) is 10.1. The maximum absolute atomic E-state index is 12.5. The zero-order valence-electron chi connectivity index (χ0n) is 14.7. The van der Waals surface area contributed by atoms with Gasteiger partial charge in [-0.05, 0) is 20.8 Å². The Morgan fingerprint density at radius 3 is 2.52 bits per heavy atom. The first kappa shape index (κ1) is 18.1. The molecule has 1 amide bonds. The number of aromatic nitrogens is 2. The van der Waals surface area contributed by atoms with Crippen molar-refractivity contribution < 1.29 is 18.0 Å². The third-order valence-corrected chi connectivity index (χ3v) is 7.64. The lowest BCUT2D eigenvalue weighted by Crippen LogP contribution is -2.36. The van der Waals surface area contributed by atoms with E-state index in [-0.39, 0.29) is 42.4 Å². The predicted molar refractivity (Wildman–Crippen MR) is 91.9 cm³/mol. The first-order chi connectivity index (χ1) is 11.6. The molecule has 0 unspecified atom stereocenters. The van der Waals surface area contributed by atoms with Gasteiger partial charge in [-0.3, -0.25) is 14.3 Å². The molecule has 0 aliphatic carbocycles. The van der Waals surface area contributed by atoms with E-state index in [2.05, 4.69) is 5.10 Å². The number of sulfone groups is 1. The number of carbonyl (C=O) groups is 2. The Labute approximate surface area is 147 Å². The van der Waals surface area contributed by atoms with Gasteiger partial charge in [0.15, 0.2) is 15.6 Å². The van der Waals surface area contributed by atoms with Crippen LogP contribution in [-0.2, 0) is 21.2 Å². The highest BCUT2D eigenvalue weighted by Gasteiger charge is 2.51. The second kappa shape index (κ2) is 6.21. The summed E-state index contributed by atoms with van der Waals surface area (Å²) in [7, 11) is -3.20. The highest BCUT2D eigenvalue weighted by Crippen LogP contribution is 2.33. The zero-order valence-corrected chi connectivity index (χ0v) is 15.5. The van der Waals surface area contributed by atoms with Crippen molar-refractivity contribution in [2.45, 2.75) is 45.0 Å². The summed E-state index contributed by atoms with van der Waals surface area (Å²) in [4.78, 5) is 25.7. The second-order valence-electron chi connectivity index (χ2n) is 7.07. The van der Waals surface area contributed by atoms with Crippen molar-refractivity contribution in [1.82, 2.24) is 14.7 Å². The lowest BCUT2D eigenvalue weighted by Gasteiger charge is -2.18. The number of carbonyl (C=O) groups excluding carboxylic acids is 2. The molecule has 2 N–H and O–H groups in total. The Bertz CT molecular complexity index is 829. The van der Waals surface area contributed by atoms with Crippen LogP contribution in [0.2, 0.25) is 0 Å². The summed E-state index contributed by atoms with van der Waals surface area (Å²) < 4.78 is 25.8. The van der Waals surface area contributed by atoms with Crippen molar-refractivity contribution in [2.75, 3.05) is 18.8 Å². The molecule has 8 nitrogen and oxygen atoms in total. The van der Waals surface area contributed by atoms with Gasteiger partial charge in [-0.15, -0.1) is 0 Å². The van der Waals surface area contributed by atoms with Crippen LogP contribution < -0.4 is 5.73 Å². The Balaban J connectivity index is 1.65. The van der Waals surface area contributed by atoms with Gasteiger partial charge in [0.1, 0.15) is 0 Å². The summed E-state index contributed by atoms with van der Waals surface area (Å²) in [5.41, 5.74) is 7.93. The molecule has 3 heterocycles. The van der Waals surface area contributed by atoms with Gasteiger partial charge in [-0.1, -0.05) is 0 Å². The largest absolute Gasteiger partial charge is 0.341 e. The Hall–Kier alpha value is -1.74. The highest BCUT2D eigenvalue weighted by molar-refractivity contribution is 7.92. The molecule has 3 rings (SSSR count). The van der Waals surface area contributed by atoms with E-state index in [0.717, 1.165) is 5.69 Å². The van der Waals surface area contributed by atoms with E-state index >= 15 is 0 Å². The summed E-state index contributed by atoms with van der Waals surface area (Å²) in [6.07, 6.45) is 0.216. The van der Waals surface area contributed by atoms with E-state index in [1.165, 1.54) is 6.92 Å². The second-order valence-corrected chi connectivity index (χ2v) is 9.33. The molecule has 0 bridgehead atoms. The number of fused-ring (bicyclic) bond motifs is 1. The lowest BCUT2D eigenvalue weighted by molar-refractivity contribution is -0.130. The van der Waals surface area contributed by atoms with Gasteiger partial charge in [0.05, 0.1) is 22.3 Å². The number of likely N-dealkylation sites (tertiary alicyclic amines) is 1. The number of hydrogen-bond donors (Lipinski definition) is 1. The van der Waals surface area contributed by atoms with E-state index in [4.69, 9.17) is 5.73 Å². The fourth-order valence-corrected chi connectivity index (χ4v) is 6.35. The SMILES string of the molecule is CC(=O)c1c(C)nn(CCC(=O)N2C[C@H]3[C@H](N)CS(=O)(=O)[C@H]3C2)c1C. The number of amides is 1. The number of rotatable bonds is 4. The van der Waals surface area contributed by atoms with Crippen LogP contribution >= 0.6 is 0 Å². The fourth-order valence-electron chi connectivity index (χ4n) is 4.09. The van der Waals surface area contributed by atoms with Gasteiger partial charge < -0.3 is 10.6 Å². The number of ketones is 1. The molecule has 25 heavy (non-hydrogen) atoms. The maximum Gasteiger partial charge on any atom is 0.224 e. The normalized spacial score (nSPS) is 27.5. The van der Waals surface area contributed by atoms with Gasteiger partial charge in [0.2, 0.25) is 5.91 Å². The minimum atomic E-state index is -3.20. The van der Waals surface area contributed by atoms with Crippen molar-refractivity contribution >= 4 is 21.5 Å². The number of hydrogen-bond acceptors (Lipinski definition) is 6. The average molecular weight is 368 g/mol. The molecular weight excluding hydrogens is 344 g/mol. The summed E-state index contributed by atoms with van der Waals surface area (Å²) in [6.45, 7) is 6.08. The molecule has 2 fully saturated rings. The van der Waals surface area contributed by atoms with Crippen LogP contribution in [0.25, 0.3) is 0 Å². The number of Topliss-reactive ketones (excluding diaryl/α,β-unsaturated/α-hetero) is 1. The minimum Gasteiger partial charge on any atom is -0.341 e. The van der Waals surface area contributed by atoms with Crippen LogP contribution in [0.3, 0.4) is 0 Å². The van der Waals surface area contributed by atoms with Crippen LogP contribution in [0.1, 0.15) is 35.1 Å². The van der Waals surface area contributed by atoms with Crippen LogP contribution in [0.5, 0.6) is 0 Å². The summed E-state index contributed by atoms with van der Waals surface area (Å²) in [5, 5.41) is 3.81. The monoisotopic (exact) mass is 368 g/mol. The molecule has 1 aromatic rings.